The van der Waals surface area contributed by atoms with Crippen molar-refractivity contribution in [3.05, 3.63) is 22.2 Å². The predicted octanol–water partition coefficient (Wildman–Crippen LogP) is 4.20. The molecule has 0 saturated heterocycles. The Labute approximate surface area is 98.1 Å². The van der Waals surface area contributed by atoms with E-state index >= 15 is 0 Å². The van der Waals surface area contributed by atoms with Gasteiger partial charge in [-0.1, -0.05) is 15.9 Å². The molecule has 0 aliphatic heterocycles. The van der Waals surface area contributed by atoms with Crippen molar-refractivity contribution >= 4 is 27.7 Å². The summed E-state index contributed by atoms with van der Waals surface area (Å²) < 4.78 is 43.0. The van der Waals surface area contributed by atoms with Crippen molar-refractivity contribution < 1.29 is 17.9 Å². The van der Waals surface area contributed by atoms with Crippen LogP contribution in [-0.2, 0) is 6.18 Å². The summed E-state index contributed by atoms with van der Waals surface area (Å²) in [5.41, 5.74) is -0.760. The highest BCUT2D eigenvalue weighted by molar-refractivity contribution is 9.10. The molecule has 0 aliphatic carbocycles. The first kappa shape index (κ1) is 12.7. The third-order valence-electron chi connectivity index (χ3n) is 1.75. The maximum atomic E-state index is 12.6. The van der Waals surface area contributed by atoms with E-state index in [1.54, 1.807) is 12.3 Å². The molecule has 1 aromatic carbocycles. The summed E-state index contributed by atoms with van der Waals surface area (Å²) in [7, 11) is 1.23. The zero-order chi connectivity index (χ0) is 11.6. The Morgan fingerprint density at radius 1 is 1.33 bits per heavy atom. The smallest absolute Gasteiger partial charge is 0.420 e. The van der Waals surface area contributed by atoms with E-state index < -0.39 is 11.7 Å². The van der Waals surface area contributed by atoms with Crippen molar-refractivity contribution in [3.8, 4) is 5.75 Å². The molecule has 1 aromatic rings. The molecule has 0 aromatic heterocycles. The van der Waals surface area contributed by atoms with Crippen molar-refractivity contribution in [1.82, 2.24) is 0 Å². The van der Waals surface area contributed by atoms with Crippen LogP contribution in [0.4, 0.5) is 13.2 Å². The number of rotatable bonds is 2. The van der Waals surface area contributed by atoms with E-state index in [-0.39, 0.29) is 5.75 Å². The van der Waals surface area contributed by atoms with Gasteiger partial charge in [0, 0.05) is 4.47 Å². The van der Waals surface area contributed by atoms with Gasteiger partial charge >= 0.3 is 6.18 Å². The molecular weight excluding hydrogens is 293 g/mol. The second-order valence-corrected chi connectivity index (χ2v) is 4.45. The minimum absolute atomic E-state index is 0.127. The van der Waals surface area contributed by atoms with Gasteiger partial charge in [0.25, 0.3) is 0 Å². The van der Waals surface area contributed by atoms with Gasteiger partial charge in [-0.2, -0.15) is 13.2 Å². The number of hydrogen-bond donors (Lipinski definition) is 0. The number of halogens is 4. The number of benzene rings is 1. The van der Waals surface area contributed by atoms with E-state index in [4.69, 9.17) is 4.74 Å². The first-order valence-corrected chi connectivity index (χ1v) is 5.90. The quantitative estimate of drug-likeness (QED) is 0.757. The standard InChI is InChI=1S/C9H8BrF3OS/c1-14-8-6(9(11,12)13)3-5(10)4-7(8)15-2/h3-4H,1-2H3. The minimum Gasteiger partial charge on any atom is -0.495 e. The summed E-state index contributed by atoms with van der Waals surface area (Å²) in [6.45, 7) is 0. The lowest BCUT2D eigenvalue weighted by Crippen LogP contribution is -2.08. The van der Waals surface area contributed by atoms with E-state index in [0.717, 1.165) is 6.07 Å². The van der Waals surface area contributed by atoms with Crippen LogP contribution in [0, 0.1) is 0 Å². The molecule has 1 rings (SSSR count). The van der Waals surface area contributed by atoms with Gasteiger partial charge < -0.3 is 4.74 Å². The van der Waals surface area contributed by atoms with Gasteiger partial charge in [-0.15, -0.1) is 11.8 Å². The molecule has 15 heavy (non-hydrogen) atoms. The van der Waals surface area contributed by atoms with Crippen LogP contribution in [0.2, 0.25) is 0 Å². The Balaban J connectivity index is 3.42. The summed E-state index contributed by atoms with van der Waals surface area (Å²) in [6, 6.07) is 2.61. The SMILES string of the molecule is COc1c(SC)cc(Br)cc1C(F)(F)F. The van der Waals surface area contributed by atoms with Crippen molar-refractivity contribution in [2.24, 2.45) is 0 Å². The number of methoxy groups -OCH3 is 1. The lowest BCUT2D eigenvalue weighted by Gasteiger charge is -2.15. The fourth-order valence-corrected chi connectivity index (χ4v) is 2.37. The molecule has 84 valence electrons. The largest absolute Gasteiger partial charge is 0.495 e. The second-order valence-electron chi connectivity index (χ2n) is 2.69. The van der Waals surface area contributed by atoms with Crippen LogP contribution < -0.4 is 4.74 Å². The lowest BCUT2D eigenvalue weighted by atomic mass is 10.2. The monoisotopic (exact) mass is 300 g/mol. The van der Waals surface area contributed by atoms with Crippen LogP contribution in [0.3, 0.4) is 0 Å². The third-order valence-corrected chi connectivity index (χ3v) is 2.95. The zero-order valence-corrected chi connectivity index (χ0v) is 10.4. The molecule has 0 unspecified atom stereocenters. The molecule has 0 aliphatic rings. The first-order valence-electron chi connectivity index (χ1n) is 3.89. The average Bonchev–Trinajstić information content (AvgIpc) is 2.15. The maximum Gasteiger partial charge on any atom is 0.420 e. The van der Waals surface area contributed by atoms with E-state index in [1.807, 2.05) is 0 Å². The van der Waals surface area contributed by atoms with Gasteiger partial charge in [0.1, 0.15) is 5.75 Å². The fourth-order valence-electron chi connectivity index (χ4n) is 1.14. The Morgan fingerprint density at radius 2 is 1.93 bits per heavy atom. The Kier molecular flexibility index (Phi) is 3.94. The fraction of sp³-hybridized carbons (Fsp3) is 0.333. The summed E-state index contributed by atoms with van der Waals surface area (Å²) in [5, 5.41) is 0. The van der Waals surface area contributed by atoms with Crippen LogP contribution in [-0.4, -0.2) is 13.4 Å². The molecule has 0 bridgehead atoms. The van der Waals surface area contributed by atoms with Crippen molar-refractivity contribution in [3.63, 3.8) is 0 Å². The predicted molar refractivity (Wildman–Crippen MR) is 57.5 cm³/mol. The van der Waals surface area contributed by atoms with Crippen molar-refractivity contribution in [2.75, 3.05) is 13.4 Å². The molecular formula is C9H8BrF3OS. The highest BCUT2D eigenvalue weighted by Crippen LogP contribution is 2.42. The summed E-state index contributed by atoms with van der Waals surface area (Å²) >= 11 is 4.25. The van der Waals surface area contributed by atoms with Crippen LogP contribution in [0.1, 0.15) is 5.56 Å². The number of ether oxygens (including phenoxy) is 1. The highest BCUT2D eigenvalue weighted by Gasteiger charge is 2.35. The van der Waals surface area contributed by atoms with Crippen LogP contribution in [0.5, 0.6) is 5.75 Å². The van der Waals surface area contributed by atoms with Gasteiger partial charge in [-0.25, -0.2) is 0 Å². The highest BCUT2D eigenvalue weighted by atomic mass is 79.9. The van der Waals surface area contributed by atoms with Crippen LogP contribution in [0.25, 0.3) is 0 Å². The number of alkyl halides is 3. The molecule has 0 saturated carbocycles. The van der Waals surface area contributed by atoms with E-state index in [1.165, 1.54) is 18.9 Å². The first-order chi connectivity index (χ1) is 6.90. The van der Waals surface area contributed by atoms with E-state index in [9.17, 15) is 13.2 Å². The van der Waals surface area contributed by atoms with E-state index in [2.05, 4.69) is 15.9 Å². The van der Waals surface area contributed by atoms with Crippen molar-refractivity contribution in [1.29, 1.82) is 0 Å². The zero-order valence-electron chi connectivity index (χ0n) is 7.98. The van der Waals surface area contributed by atoms with Crippen molar-refractivity contribution in [2.45, 2.75) is 11.1 Å². The van der Waals surface area contributed by atoms with Gasteiger partial charge in [0.15, 0.2) is 0 Å². The summed E-state index contributed by atoms with van der Waals surface area (Å²) in [6.07, 6.45) is -2.70. The van der Waals surface area contributed by atoms with Gasteiger partial charge in [-0.05, 0) is 18.4 Å². The Bertz CT molecular complexity index is 365. The average molecular weight is 301 g/mol. The normalized spacial score (nSPS) is 11.6. The van der Waals surface area contributed by atoms with Gasteiger partial charge in [-0.3, -0.25) is 0 Å². The Hall–Kier alpha value is -0.360. The van der Waals surface area contributed by atoms with Crippen LogP contribution in [0.15, 0.2) is 21.5 Å². The molecule has 1 nitrogen and oxygen atoms in total. The molecule has 0 amide bonds. The molecule has 0 N–H and O–H groups in total. The number of thioether (sulfide) groups is 1. The molecule has 6 heteroatoms. The van der Waals surface area contributed by atoms with Gasteiger partial charge in [0.05, 0.1) is 17.6 Å². The molecule has 0 fully saturated rings. The minimum atomic E-state index is -4.40. The van der Waals surface area contributed by atoms with Crippen LogP contribution >= 0.6 is 27.7 Å². The third kappa shape index (κ3) is 2.81. The second kappa shape index (κ2) is 4.65. The molecule has 0 heterocycles. The summed E-state index contributed by atoms with van der Waals surface area (Å²) in [5.74, 6) is -0.127. The summed E-state index contributed by atoms with van der Waals surface area (Å²) in [4.78, 5) is 0.458. The lowest BCUT2D eigenvalue weighted by molar-refractivity contribution is -0.139. The molecule has 0 radical (unpaired) electrons. The number of hydrogen-bond acceptors (Lipinski definition) is 2. The maximum absolute atomic E-state index is 12.6. The van der Waals surface area contributed by atoms with Gasteiger partial charge in [0.2, 0.25) is 0 Å². The van der Waals surface area contributed by atoms with E-state index in [0.29, 0.717) is 9.37 Å². The topological polar surface area (TPSA) is 9.23 Å². The molecule has 0 atom stereocenters. The molecule has 0 spiro atoms. The Morgan fingerprint density at radius 3 is 2.33 bits per heavy atom.